The molecule has 5 heteroatoms. The predicted octanol–water partition coefficient (Wildman–Crippen LogP) is 3.85. The highest BCUT2D eigenvalue weighted by Crippen LogP contribution is 2.20. The van der Waals surface area contributed by atoms with Crippen LogP contribution in [0.5, 0.6) is 5.75 Å². The topological polar surface area (TPSA) is 47.2 Å². The Labute approximate surface area is 163 Å². The number of thiol groups is 1. The summed E-state index contributed by atoms with van der Waals surface area (Å²) in [6.07, 6.45) is 3.34. The summed E-state index contributed by atoms with van der Waals surface area (Å²) in [6.45, 7) is 0. The molecular formula is C22H18NO3S+. The summed E-state index contributed by atoms with van der Waals surface area (Å²) in [4.78, 5) is 26.1. The van der Waals surface area contributed by atoms with E-state index in [1.807, 2.05) is 12.1 Å². The van der Waals surface area contributed by atoms with Crippen molar-refractivity contribution in [2.45, 2.75) is 0 Å². The van der Waals surface area contributed by atoms with Gasteiger partial charge in [0.25, 0.3) is 11.5 Å². The number of carbonyl (C=O) groups is 2. The van der Waals surface area contributed by atoms with Gasteiger partial charge in [-0.3, -0.25) is 9.59 Å². The maximum absolute atomic E-state index is 13.2. The van der Waals surface area contributed by atoms with Gasteiger partial charge in [0, 0.05) is 23.3 Å². The van der Waals surface area contributed by atoms with E-state index in [2.05, 4.69) is 12.6 Å². The molecule has 3 aromatic rings. The first-order valence-electron chi connectivity index (χ1n) is 8.30. The molecule has 0 aliphatic rings. The van der Waals surface area contributed by atoms with Gasteiger partial charge in [0.15, 0.2) is 12.4 Å². The predicted molar refractivity (Wildman–Crippen MR) is 107 cm³/mol. The van der Waals surface area contributed by atoms with Gasteiger partial charge in [0.05, 0.1) is 7.11 Å². The van der Waals surface area contributed by atoms with Gasteiger partial charge in [-0.1, -0.05) is 60.7 Å². The SMILES string of the molecule is COc1cc[n+](/C(C(=O)c2ccccc2)=C(\S)C(=O)c2ccccc2)cc1. The van der Waals surface area contributed by atoms with Crippen molar-refractivity contribution in [1.29, 1.82) is 0 Å². The molecule has 0 amide bonds. The van der Waals surface area contributed by atoms with E-state index in [-0.39, 0.29) is 22.2 Å². The number of ketones is 2. The Morgan fingerprint density at radius 2 is 1.26 bits per heavy atom. The third kappa shape index (κ3) is 4.15. The smallest absolute Gasteiger partial charge is 0.276 e. The van der Waals surface area contributed by atoms with Gasteiger partial charge < -0.3 is 4.74 Å². The maximum Gasteiger partial charge on any atom is 0.276 e. The summed E-state index contributed by atoms with van der Waals surface area (Å²) >= 11 is 4.44. The zero-order valence-corrected chi connectivity index (χ0v) is 15.6. The van der Waals surface area contributed by atoms with Gasteiger partial charge in [0.2, 0.25) is 5.78 Å². The molecule has 27 heavy (non-hydrogen) atoms. The van der Waals surface area contributed by atoms with E-state index >= 15 is 0 Å². The number of pyridine rings is 1. The standard InChI is InChI=1S/C22H17NO3S/c1-26-18-12-14-23(15-13-18)19(20(24)16-8-4-2-5-9-16)22(27)21(25)17-10-6-3-7-11-17/h2-15H,1H3/p+1. The minimum atomic E-state index is -0.318. The molecule has 1 heterocycles. The van der Waals surface area contributed by atoms with Gasteiger partial charge in [-0.15, -0.1) is 12.6 Å². The fraction of sp³-hybridized carbons (Fsp3) is 0.0455. The number of carbonyl (C=O) groups excluding carboxylic acids is 2. The van der Waals surface area contributed by atoms with Crippen LogP contribution in [0, 0.1) is 0 Å². The van der Waals surface area contributed by atoms with Crippen molar-refractivity contribution in [2.75, 3.05) is 7.11 Å². The lowest BCUT2D eigenvalue weighted by atomic mass is 10.0. The Morgan fingerprint density at radius 3 is 1.74 bits per heavy atom. The lowest BCUT2D eigenvalue weighted by molar-refractivity contribution is -0.577. The summed E-state index contributed by atoms with van der Waals surface area (Å²) in [6, 6.07) is 21.0. The van der Waals surface area contributed by atoms with Gasteiger partial charge in [-0.25, -0.2) is 0 Å². The molecule has 0 unspecified atom stereocenters. The molecule has 0 N–H and O–H groups in total. The Morgan fingerprint density at radius 1 is 0.778 bits per heavy atom. The summed E-state index contributed by atoms with van der Waals surface area (Å²) in [5, 5.41) is 0. The molecule has 4 nitrogen and oxygen atoms in total. The third-order valence-corrected chi connectivity index (χ3v) is 4.43. The van der Waals surface area contributed by atoms with Gasteiger partial charge >= 0.3 is 0 Å². The number of hydrogen-bond donors (Lipinski definition) is 1. The summed E-state index contributed by atoms with van der Waals surface area (Å²) in [7, 11) is 1.56. The van der Waals surface area contributed by atoms with Crippen molar-refractivity contribution in [3.63, 3.8) is 0 Å². The highest BCUT2D eigenvalue weighted by Gasteiger charge is 2.29. The van der Waals surface area contributed by atoms with Crippen molar-refractivity contribution >= 4 is 29.9 Å². The zero-order valence-electron chi connectivity index (χ0n) is 14.7. The minimum Gasteiger partial charge on any atom is -0.496 e. The van der Waals surface area contributed by atoms with Crippen LogP contribution in [-0.4, -0.2) is 18.7 Å². The van der Waals surface area contributed by atoms with Gasteiger partial charge in [0.1, 0.15) is 10.7 Å². The number of hydrogen-bond acceptors (Lipinski definition) is 4. The number of allylic oxidation sites excluding steroid dienone is 2. The highest BCUT2D eigenvalue weighted by atomic mass is 32.1. The molecule has 2 aromatic carbocycles. The molecule has 1 aromatic heterocycles. The van der Waals surface area contributed by atoms with E-state index in [0.29, 0.717) is 16.9 Å². The van der Waals surface area contributed by atoms with Crippen LogP contribution < -0.4 is 9.30 Å². The number of aromatic nitrogens is 1. The second-order valence-corrected chi connectivity index (χ2v) is 6.18. The van der Waals surface area contributed by atoms with E-state index in [9.17, 15) is 9.59 Å². The minimum absolute atomic E-state index is 0.0743. The van der Waals surface area contributed by atoms with Crippen LogP contribution in [0.3, 0.4) is 0 Å². The van der Waals surface area contributed by atoms with E-state index in [1.54, 1.807) is 84.7 Å². The Bertz CT molecular complexity index is 981. The Hall–Kier alpha value is -3.18. The number of benzene rings is 2. The maximum atomic E-state index is 13.2. The molecule has 0 fully saturated rings. The average Bonchev–Trinajstić information content (AvgIpc) is 2.75. The molecular weight excluding hydrogens is 358 g/mol. The largest absolute Gasteiger partial charge is 0.496 e. The van der Waals surface area contributed by atoms with E-state index < -0.39 is 0 Å². The number of ether oxygens (including phenoxy) is 1. The molecule has 0 spiro atoms. The molecule has 0 aliphatic heterocycles. The van der Waals surface area contributed by atoms with Crippen LogP contribution in [0.2, 0.25) is 0 Å². The van der Waals surface area contributed by atoms with Crippen LogP contribution >= 0.6 is 12.6 Å². The molecule has 0 bridgehead atoms. The van der Waals surface area contributed by atoms with E-state index in [0.717, 1.165) is 0 Å². The van der Waals surface area contributed by atoms with Crippen LogP contribution in [0.15, 0.2) is 90.1 Å². The first-order chi connectivity index (χ1) is 13.1. The monoisotopic (exact) mass is 376 g/mol. The van der Waals surface area contributed by atoms with E-state index in [1.165, 1.54) is 0 Å². The lowest BCUT2D eigenvalue weighted by Gasteiger charge is -2.07. The first-order valence-corrected chi connectivity index (χ1v) is 8.75. The number of nitrogens with zero attached hydrogens (tertiary/aromatic N) is 1. The van der Waals surface area contributed by atoms with Crippen molar-refractivity contribution < 1.29 is 18.9 Å². The van der Waals surface area contributed by atoms with Crippen LogP contribution in [0.25, 0.3) is 5.70 Å². The number of methoxy groups -OCH3 is 1. The molecule has 0 aliphatic carbocycles. The first kappa shape index (κ1) is 18.6. The quantitative estimate of drug-likeness (QED) is 0.308. The molecule has 0 saturated carbocycles. The third-order valence-electron chi connectivity index (χ3n) is 4.02. The lowest BCUT2D eigenvalue weighted by Crippen LogP contribution is -2.37. The Balaban J connectivity index is 2.14. The number of Topliss-reactive ketones (excluding diaryl/α,β-unsaturated/α-hetero) is 2. The van der Waals surface area contributed by atoms with Crippen molar-refractivity contribution in [1.82, 2.24) is 0 Å². The van der Waals surface area contributed by atoms with Gasteiger partial charge in [-0.05, 0) is 0 Å². The summed E-state index contributed by atoms with van der Waals surface area (Å²) < 4.78 is 6.76. The van der Waals surface area contributed by atoms with E-state index in [4.69, 9.17) is 4.74 Å². The van der Waals surface area contributed by atoms with Crippen LogP contribution in [0.4, 0.5) is 0 Å². The van der Waals surface area contributed by atoms with Crippen LogP contribution in [-0.2, 0) is 0 Å². The second-order valence-electron chi connectivity index (χ2n) is 5.73. The fourth-order valence-electron chi connectivity index (χ4n) is 2.61. The summed E-state index contributed by atoms with van der Waals surface area (Å²) in [5.41, 5.74) is 1.12. The number of rotatable bonds is 6. The van der Waals surface area contributed by atoms with Crippen molar-refractivity contribution in [2.24, 2.45) is 0 Å². The molecule has 134 valence electrons. The highest BCUT2D eigenvalue weighted by molar-refractivity contribution is 7.86. The fourth-order valence-corrected chi connectivity index (χ4v) is 2.95. The Kier molecular flexibility index (Phi) is 5.84. The van der Waals surface area contributed by atoms with Gasteiger partial charge in [-0.2, -0.15) is 4.57 Å². The normalized spacial score (nSPS) is 11.5. The van der Waals surface area contributed by atoms with Crippen LogP contribution in [0.1, 0.15) is 20.7 Å². The van der Waals surface area contributed by atoms with Crippen molar-refractivity contribution in [3.05, 3.63) is 101 Å². The molecule has 0 radical (unpaired) electrons. The molecule has 0 atom stereocenters. The van der Waals surface area contributed by atoms with Crippen molar-refractivity contribution in [3.8, 4) is 5.75 Å². The molecule has 3 rings (SSSR count). The average molecular weight is 376 g/mol. The zero-order chi connectivity index (χ0) is 19.2. The summed E-state index contributed by atoms with van der Waals surface area (Å²) in [5.74, 6) is 0.0365. The molecule has 0 saturated heterocycles. The second kappa shape index (κ2) is 8.47.